The summed E-state index contributed by atoms with van der Waals surface area (Å²) in [6.45, 7) is 0. The van der Waals surface area contributed by atoms with E-state index >= 15 is 0 Å². The van der Waals surface area contributed by atoms with Crippen molar-refractivity contribution in [3.05, 3.63) is 11.0 Å². The van der Waals surface area contributed by atoms with Gasteiger partial charge < -0.3 is 0 Å². The van der Waals surface area contributed by atoms with E-state index in [1.54, 1.807) is 0 Å². The van der Waals surface area contributed by atoms with E-state index in [9.17, 15) is 21.6 Å². The largest absolute Gasteiger partial charge is 0.413 e. The van der Waals surface area contributed by atoms with Gasteiger partial charge >= 0.3 is 6.18 Å². The minimum Gasteiger partial charge on any atom is -0.224 e. The molecule has 0 bridgehead atoms. The molecule has 0 fully saturated rings. The van der Waals surface area contributed by atoms with Gasteiger partial charge in [-0.2, -0.15) is 13.2 Å². The average Bonchev–Trinajstić information content (AvgIpc) is 2.07. The molecule has 0 N–H and O–H groups in total. The first-order chi connectivity index (χ1) is 4.81. The smallest absolute Gasteiger partial charge is 0.224 e. The van der Waals surface area contributed by atoms with Gasteiger partial charge in [0.2, 0.25) is 0 Å². The molecule has 64 valence electrons. The van der Waals surface area contributed by atoms with Crippen LogP contribution in [0.3, 0.4) is 0 Å². The molecule has 11 heavy (non-hydrogen) atoms. The molecule has 0 unspecified atom stereocenters. The highest BCUT2D eigenvalue weighted by molar-refractivity contribution is 7.94. The predicted molar refractivity (Wildman–Crippen MR) is 32.5 cm³/mol. The first-order valence-electron chi connectivity index (χ1n) is 2.82. The summed E-state index contributed by atoms with van der Waals surface area (Å²) in [7, 11) is -3.56. The molecular weight excluding hydrogens is 181 g/mol. The quantitative estimate of drug-likeness (QED) is 0.570. The second kappa shape index (κ2) is 2.23. The lowest BCUT2D eigenvalue weighted by Crippen LogP contribution is -2.09. The molecule has 0 aromatic rings. The molecular formula is C5H5F3O2S. The van der Waals surface area contributed by atoms with Gasteiger partial charge in [0, 0.05) is 11.0 Å². The van der Waals surface area contributed by atoms with Crippen molar-refractivity contribution in [2.24, 2.45) is 0 Å². The van der Waals surface area contributed by atoms with Crippen LogP contribution < -0.4 is 0 Å². The Kier molecular flexibility index (Phi) is 1.74. The van der Waals surface area contributed by atoms with Gasteiger partial charge in [-0.15, -0.1) is 0 Å². The van der Waals surface area contributed by atoms with Gasteiger partial charge in [0.05, 0.1) is 5.75 Å². The summed E-state index contributed by atoms with van der Waals surface area (Å²) in [6, 6.07) is 0. The SMILES string of the molecule is O=S1(=O)C=C(C(F)(F)F)CC1. The molecule has 2 nitrogen and oxygen atoms in total. The third kappa shape index (κ3) is 1.95. The molecule has 1 rings (SSSR count). The molecule has 0 radical (unpaired) electrons. The highest BCUT2D eigenvalue weighted by Gasteiger charge is 2.38. The molecule has 0 saturated carbocycles. The zero-order valence-electron chi connectivity index (χ0n) is 5.35. The van der Waals surface area contributed by atoms with E-state index in [4.69, 9.17) is 0 Å². The van der Waals surface area contributed by atoms with Gasteiger partial charge in [-0.1, -0.05) is 0 Å². The Bertz CT molecular complexity index is 285. The van der Waals surface area contributed by atoms with Gasteiger partial charge in [0.1, 0.15) is 0 Å². The number of allylic oxidation sites excluding steroid dienone is 1. The lowest BCUT2D eigenvalue weighted by atomic mass is 10.2. The maximum Gasteiger partial charge on any atom is 0.413 e. The Hall–Kier alpha value is -0.520. The molecule has 1 aliphatic heterocycles. The van der Waals surface area contributed by atoms with Crippen LogP contribution in [0.1, 0.15) is 6.42 Å². The molecule has 1 heterocycles. The van der Waals surface area contributed by atoms with E-state index in [0.29, 0.717) is 5.41 Å². The van der Waals surface area contributed by atoms with E-state index in [-0.39, 0.29) is 0 Å². The number of halogens is 3. The van der Waals surface area contributed by atoms with E-state index in [2.05, 4.69) is 0 Å². The summed E-state index contributed by atoms with van der Waals surface area (Å²) < 4.78 is 56.3. The standard InChI is InChI=1S/C5H5F3O2S/c6-5(7,8)4-1-2-11(9,10)3-4/h3H,1-2H2. The van der Waals surface area contributed by atoms with Gasteiger partial charge in [-0.25, -0.2) is 8.42 Å². The van der Waals surface area contributed by atoms with Gasteiger partial charge in [0.15, 0.2) is 9.84 Å². The summed E-state index contributed by atoms with van der Waals surface area (Å²) >= 11 is 0. The van der Waals surface area contributed by atoms with Crippen molar-refractivity contribution in [1.82, 2.24) is 0 Å². The van der Waals surface area contributed by atoms with Crippen molar-refractivity contribution < 1.29 is 21.6 Å². The summed E-state index contributed by atoms with van der Waals surface area (Å²) in [5.74, 6) is -0.415. The Balaban J connectivity index is 2.97. The van der Waals surface area contributed by atoms with Crippen LogP contribution in [-0.4, -0.2) is 20.3 Å². The molecule has 0 amide bonds. The zero-order chi connectivity index (χ0) is 8.70. The Morgan fingerprint density at radius 1 is 1.36 bits per heavy atom. The first kappa shape index (κ1) is 8.58. The molecule has 6 heteroatoms. The minimum atomic E-state index is -4.48. The van der Waals surface area contributed by atoms with Crippen LogP contribution in [0.2, 0.25) is 0 Å². The normalized spacial score (nSPS) is 23.4. The lowest BCUT2D eigenvalue weighted by Gasteiger charge is -2.03. The summed E-state index contributed by atoms with van der Waals surface area (Å²) in [6.07, 6.45) is -4.89. The fraction of sp³-hybridized carbons (Fsp3) is 0.600. The van der Waals surface area contributed by atoms with Crippen LogP contribution in [0.25, 0.3) is 0 Å². The first-order valence-corrected chi connectivity index (χ1v) is 4.53. The van der Waals surface area contributed by atoms with Crippen LogP contribution >= 0.6 is 0 Å². The number of rotatable bonds is 0. The Labute approximate surface area is 61.6 Å². The number of alkyl halides is 3. The summed E-state index contributed by atoms with van der Waals surface area (Å²) in [5, 5.41) is 0.312. The number of sulfone groups is 1. The monoisotopic (exact) mass is 186 g/mol. The minimum absolute atomic E-state index is 0.312. The lowest BCUT2D eigenvalue weighted by molar-refractivity contribution is -0.0929. The van der Waals surface area contributed by atoms with Crippen LogP contribution in [0.4, 0.5) is 13.2 Å². The van der Waals surface area contributed by atoms with E-state index in [0.717, 1.165) is 0 Å². The summed E-state index contributed by atoms with van der Waals surface area (Å²) in [5.41, 5.74) is -0.947. The molecule has 1 aliphatic rings. The maximum atomic E-state index is 11.8. The van der Waals surface area contributed by atoms with Crippen LogP contribution in [0, 0.1) is 0 Å². The number of hydrogen-bond donors (Lipinski definition) is 0. The fourth-order valence-corrected chi connectivity index (χ4v) is 2.10. The Morgan fingerprint density at radius 3 is 2.09 bits per heavy atom. The van der Waals surface area contributed by atoms with Gasteiger partial charge in [-0.05, 0) is 6.42 Å². The highest BCUT2D eigenvalue weighted by Crippen LogP contribution is 2.32. The fourth-order valence-electron chi connectivity index (χ4n) is 0.795. The zero-order valence-corrected chi connectivity index (χ0v) is 6.17. The molecule has 0 spiro atoms. The van der Waals surface area contributed by atoms with E-state index in [1.165, 1.54) is 0 Å². The third-order valence-electron chi connectivity index (χ3n) is 1.34. The maximum absolute atomic E-state index is 11.8. The van der Waals surface area contributed by atoms with Gasteiger partial charge in [-0.3, -0.25) is 0 Å². The van der Waals surface area contributed by atoms with E-state index < -0.39 is 33.8 Å². The van der Waals surface area contributed by atoms with Crippen molar-refractivity contribution >= 4 is 9.84 Å². The Morgan fingerprint density at radius 2 is 1.91 bits per heavy atom. The van der Waals surface area contributed by atoms with Crippen molar-refractivity contribution in [2.45, 2.75) is 12.6 Å². The third-order valence-corrected chi connectivity index (χ3v) is 2.76. The van der Waals surface area contributed by atoms with Crippen molar-refractivity contribution in [1.29, 1.82) is 0 Å². The average molecular weight is 186 g/mol. The van der Waals surface area contributed by atoms with Crippen molar-refractivity contribution in [3.63, 3.8) is 0 Å². The molecule has 0 atom stereocenters. The topological polar surface area (TPSA) is 34.1 Å². The predicted octanol–water partition coefficient (Wildman–Crippen LogP) is 1.25. The van der Waals surface area contributed by atoms with Crippen LogP contribution in [-0.2, 0) is 9.84 Å². The summed E-state index contributed by atoms with van der Waals surface area (Å²) in [4.78, 5) is 0. The molecule has 0 aromatic carbocycles. The molecule has 0 aliphatic carbocycles. The second-order valence-electron chi connectivity index (χ2n) is 2.26. The van der Waals surface area contributed by atoms with Crippen LogP contribution in [0.5, 0.6) is 0 Å². The number of hydrogen-bond acceptors (Lipinski definition) is 2. The van der Waals surface area contributed by atoms with Crippen LogP contribution in [0.15, 0.2) is 11.0 Å². The second-order valence-corrected chi connectivity index (χ2v) is 4.23. The molecule has 0 saturated heterocycles. The van der Waals surface area contributed by atoms with Crippen molar-refractivity contribution in [2.75, 3.05) is 5.75 Å². The van der Waals surface area contributed by atoms with E-state index in [1.807, 2.05) is 0 Å². The van der Waals surface area contributed by atoms with Gasteiger partial charge in [0.25, 0.3) is 0 Å². The molecule has 0 aromatic heterocycles. The highest BCUT2D eigenvalue weighted by atomic mass is 32.2. The van der Waals surface area contributed by atoms with Crippen molar-refractivity contribution in [3.8, 4) is 0 Å².